The van der Waals surface area contributed by atoms with E-state index in [9.17, 15) is 4.79 Å². The average molecular weight is 337 g/mol. The van der Waals surface area contributed by atoms with Crippen LogP contribution in [-0.4, -0.2) is 6.29 Å². The fourth-order valence-corrected chi connectivity index (χ4v) is 1.51. The van der Waals surface area contributed by atoms with E-state index in [1.54, 1.807) is 0 Å². The Kier molecular flexibility index (Phi) is 3.94. The molecule has 0 aliphatic heterocycles. The molecule has 0 aliphatic carbocycles. The zero-order valence-corrected chi connectivity index (χ0v) is 9.87. The van der Waals surface area contributed by atoms with Crippen LogP contribution < -0.4 is 0 Å². The maximum absolute atomic E-state index is 10.3. The average Bonchev–Trinajstić information content (AvgIpc) is 2.09. The summed E-state index contributed by atoms with van der Waals surface area (Å²) < 4.78 is 1.69. The Morgan fingerprint density at radius 3 is 2.67 bits per heavy atom. The number of allylic oxidation sites excluding steroid dienone is 1. The van der Waals surface area contributed by atoms with Gasteiger partial charge in [-0.15, -0.1) is 0 Å². The third-order valence-corrected chi connectivity index (χ3v) is 2.60. The topological polar surface area (TPSA) is 17.1 Å². The SMILES string of the molecule is O=C/C(I)=C/c1ccccc1Br. The molecule has 0 atom stereocenters. The summed E-state index contributed by atoms with van der Waals surface area (Å²) in [4.78, 5) is 10.3. The maximum atomic E-state index is 10.3. The van der Waals surface area contributed by atoms with E-state index in [4.69, 9.17) is 0 Å². The van der Waals surface area contributed by atoms with Crippen molar-refractivity contribution in [3.63, 3.8) is 0 Å². The second-order valence-electron chi connectivity index (χ2n) is 2.17. The normalized spacial score (nSPS) is 11.3. The summed E-state index contributed by atoms with van der Waals surface area (Å²) in [6.07, 6.45) is 2.66. The van der Waals surface area contributed by atoms with Crippen LogP contribution in [0.5, 0.6) is 0 Å². The number of rotatable bonds is 2. The van der Waals surface area contributed by atoms with Crippen LogP contribution in [-0.2, 0) is 4.79 Å². The summed E-state index contributed by atoms with van der Waals surface area (Å²) in [5, 5.41) is 0. The highest BCUT2D eigenvalue weighted by Gasteiger charge is 1.94. The fraction of sp³-hybridized carbons (Fsp3) is 0. The number of aldehydes is 1. The Bertz CT molecular complexity index is 320. The third kappa shape index (κ3) is 2.71. The Morgan fingerprint density at radius 2 is 2.08 bits per heavy atom. The first kappa shape index (κ1) is 9.92. The van der Waals surface area contributed by atoms with E-state index in [1.807, 2.05) is 52.9 Å². The molecule has 62 valence electrons. The van der Waals surface area contributed by atoms with Crippen LogP contribution >= 0.6 is 38.5 Å². The molecule has 0 fully saturated rings. The van der Waals surface area contributed by atoms with Crippen molar-refractivity contribution in [1.29, 1.82) is 0 Å². The molecule has 12 heavy (non-hydrogen) atoms. The van der Waals surface area contributed by atoms with Crippen molar-refractivity contribution >= 4 is 50.9 Å². The first-order chi connectivity index (χ1) is 5.74. The van der Waals surface area contributed by atoms with Gasteiger partial charge in [-0.3, -0.25) is 4.79 Å². The molecule has 0 bridgehead atoms. The first-order valence-corrected chi connectivity index (χ1v) is 5.18. The van der Waals surface area contributed by atoms with E-state index in [0.29, 0.717) is 3.58 Å². The van der Waals surface area contributed by atoms with E-state index in [1.165, 1.54) is 0 Å². The molecule has 0 heterocycles. The fourth-order valence-electron chi connectivity index (χ4n) is 0.775. The quantitative estimate of drug-likeness (QED) is 0.459. The van der Waals surface area contributed by atoms with Crippen molar-refractivity contribution in [1.82, 2.24) is 0 Å². The highest BCUT2D eigenvalue weighted by atomic mass is 127. The highest BCUT2D eigenvalue weighted by Crippen LogP contribution is 2.19. The van der Waals surface area contributed by atoms with Crippen LogP contribution in [0.25, 0.3) is 6.08 Å². The molecule has 1 aromatic rings. The first-order valence-electron chi connectivity index (χ1n) is 3.31. The molecule has 0 N–H and O–H groups in total. The van der Waals surface area contributed by atoms with Crippen LogP contribution in [0.2, 0.25) is 0 Å². The molecule has 0 aromatic heterocycles. The zero-order valence-electron chi connectivity index (χ0n) is 6.13. The minimum atomic E-state index is 0.694. The lowest BCUT2D eigenvalue weighted by molar-refractivity contribution is -0.104. The lowest BCUT2D eigenvalue weighted by atomic mass is 10.2. The third-order valence-electron chi connectivity index (χ3n) is 1.31. The van der Waals surface area contributed by atoms with Gasteiger partial charge in [0, 0.05) is 4.47 Å². The Hall–Kier alpha value is -0.160. The predicted molar refractivity (Wildman–Crippen MR) is 62.2 cm³/mol. The minimum absolute atomic E-state index is 0.694. The van der Waals surface area contributed by atoms with E-state index in [0.717, 1.165) is 16.3 Å². The lowest BCUT2D eigenvalue weighted by Crippen LogP contribution is -1.76. The molecule has 0 aliphatic rings. The molecule has 0 unspecified atom stereocenters. The number of hydrogen-bond donors (Lipinski definition) is 0. The van der Waals surface area contributed by atoms with Crippen molar-refractivity contribution < 1.29 is 4.79 Å². The van der Waals surface area contributed by atoms with Crippen LogP contribution in [0.3, 0.4) is 0 Å². The van der Waals surface area contributed by atoms with E-state index in [2.05, 4.69) is 15.9 Å². The van der Waals surface area contributed by atoms with Gasteiger partial charge >= 0.3 is 0 Å². The summed E-state index contributed by atoms with van der Waals surface area (Å²) in [5.74, 6) is 0. The van der Waals surface area contributed by atoms with Gasteiger partial charge in [-0.25, -0.2) is 0 Å². The second-order valence-corrected chi connectivity index (χ2v) is 4.27. The number of carbonyl (C=O) groups is 1. The lowest BCUT2D eigenvalue weighted by Gasteiger charge is -1.96. The van der Waals surface area contributed by atoms with Gasteiger partial charge in [0.25, 0.3) is 0 Å². The van der Waals surface area contributed by atoms with Gasteiger partial charge in [-0.2, -0.15) is 0 Å². The highest BCUT2D eigenvalue weighted by molar-refractivity contribution is 14.1. The summed E-state index contributed by atoms with van der Waals surface area (Å²) in [6.45, 7) is 0. The van der Waals surface area contributed by atoms with Crippen LogP contribution in [0.4, 0.5) is 0 Å². The molecule has 0 amide bonds. The van der Waals surface area contributed by atoms with Gasteiger partial charge in [0.1, 0.15) is 0 Å². The van der Waals surface area contributed by atoms with Crippen molar-refractivity contribution in [3.05, 3.63) is 37.9 Å². The number of halogens is 2. The summed E-state index contributed by atoms with van der Waals surface area (Å²) in [7, 11) is 0. The van der Waals surface area contributed by atoms with Crippen LogP contribution in [0.1, 0.15) is 5.56 Å². The Labute approximate surface area is 93.1 Å². The summed E-state index contributed by atoms with van der Waals surface area (Å²) in [6, 6.07) is 7.77. The van der Waals surface area contributed by atoms with Gasteiger partial charge in [0.2, 0.25) is 0 Å². The Morgan fingerprint density at radius 1 is 1.42 bits per heavy atom. The second kappa shape index (κ2) is 4.77. The van der Waals surface area contributed by atoms with Gasteiger partial charge in [0.15, 0.2) is 6.29 Å². The van der Waals surface area contributed by atoms with Crippen LogP contribution in [0.15, 0.2) is 32.3 Å². The standard InChI is InChI=1S/C9H6BrIO/c10-9-4-2-1-3-7(9)5-8(11)6-12/h1-6H/b8-5-. The van der Waals surface area contributed by atoms with Gasteiger partial charge in [0.05, 0.1) is 3.58 Å². The molecule has 3 heteroatoms. The Balaban J connectivity index is 3.04. The minimum Gasteiger partial charge on any atom is -0.297 e. The smallest absolute Gasteiger partial charge is 0.156 e. The van der Waals surface area contributed by atoms with Gasteiger partial charge in [-0.05, 0) is 40.3 Å². The van der Waals surface area contributed by atoms with Crippen molar-refractivity contribution in [3.8, 4) is 0 Å². The van der Waals surface area contributed by atoms with Crippen molar-refractivity contribution in [2.75, 3.05) is 0 Å². The van der Waals surface area contributed by atoms with Crippen molar-refractivity contribution in [2.45, 2.75) is 0 Å². The summed E-state index contributed by atoms with van der Waals surface area (Å²) >= 11 is 5.39. The largest absolute Gasteiger partial charge is 0.297 e. The molecule has 1 nitrogen and oxygen atoms in total. The molecule has 0 saturated carbocycles. The summed E-state index contributed by atoms with van der Waals surface area (Å²) in [5.41, 5.74) is 1.02. The molecule has 0 saturated heterocycles. The zero-order chi connectivity index (χ0) is 8.97. The molecule has 1 aromatic carbocycles. The molecule has 0 radical (unpaired) electrons. The van der Waals surface area contributed by atoms with E-state index < -0.39 is 0 Å². The van der Waals surface area contributed by atoms with Gasteiger partial charge in [-0.1, -0.05) is 34.1 Å². The van der Waals surface area contributed by atoms with Gasteiger partial charge < -0.3 is 0 Å². The molecule has 0 spiro atoms. The van der Waals surface area contributed by atoms with Crippen molar-refractivity contribution in [2.24, 2.45) is 0 Å². The molecular formula is C9H6BrIO. The molecule has 1 rings (SSSR count). The van der Waals surface area contributed by atoms with E-state index >= 15 is 0 Å². The molecular weight excluding hydrogens is 331 g/mol. The number of benzene rings is 1. The number of hydrogen-bond acceptors (Lipinski definition) is 1. The maximum Gasteiger partial charge on any atom is 0.156 e. The number of carbonyl (C=O) groups excluding carboxylic acids is 1. The predicted octanol–water partition coefficient (Wildman–Crippen LogP) is 3.42. The monoisotopic (exact) mass is 336 g/mol. The van der Waals surface area contributed by atoms with Crippen LogP contribution in [0, 0.1) is 0 Å². The van der Waals surface area contributed by atoms with E-state index in [-0.39, 0.29) is 0 Å².